The van der Waals surface area contributed by atoms with Crippen molar-refractivity contribution in [1.82, 2.24) is 0 Å². The molecule has 0 saturated heterocycles. The van der Waals surface area contributed by atoms with Gasteiger partial charge >= 0.3 is 11.8 Å². The van der Waals surface area contributed by atoms with Crippen LogP contribution in [0.4, 0.5) is 17.6 Å². The molecule has 0 aromatic rings. The summed E-state index contributed by atoms with van der Waals surface area (Å²) < 4.78 is 50.6. The van der Waals surface area contributed by atoms with Gasteiger partial charge in [0.05, 0.1) is 0 Å². The van der Waals surface area contributed by atoms with Crippen LogP contribution in [0.3, 0.4) is 0 Å². The fourth-order valence-corrected chi connectivity index (χ4v) is 1.99. The standard InChI is InChI=1S/C7H8F4/c1-5-2-4(5)3-6(8,9)7(5,10)11/h4H,2-3H2,1H3. The predicted octanol–water partition coefficient (Wildman–Crippen LogP) is 2.69. The van der Waals surface area contributed by atoms with Gasteiger partial charge in [-0.2, -0.15) is 17.6 Å². The van der Waals surface area contributed by atoms with E-state index in [2.05, 4.69) is 0 Å². The van der Waals surface area contributed by atoms with E-state index in [1.165, 1.54) is 6.92 Å². The summed E-state index contributed by atoms with van der Waals surface area (Å²) in [5.41, 5.74) is -1.39. The van der Waals surface area contributed by atoms with Crippen molar-refractivity contribution in [3.8, 4) is 0 Å². The predicted molar refractivity (Wildman–Crippen MR) is 30.7 cm³/mol. The molecule has 0 aliphatic heterocycles. The molecule has 0 aromatic carbocycles. The first-order valence-corrected chi connectivity index (χ1v) is 3.57. The van der Waals surface area contributed by atoms with Gasteiger partial charge in [0, 0.05) is 11.8 Å². The maximum Gasteiger partial charge on any atom is 0.315 e. The van der Waals surface area contributed by atoms with E-state index < -0.39 is 29.6 Å². The molecular weight excluding hydrogens is 160 g/mol. The van der Waals surface area contributed by atoms with Crippen molar-refractivity contribution in [1.29, 1.82) is 0 Å². The lowest BCUT2D eigenvalue weighted by molar-refractivity contribution is -0.220. The van der Waals surface area contributed by atoms with Crippen LogP contribution in [0.2, 0.25) is 0 Å². The molecule has 2 saturated carbocycles. The molecule has 2 aliphatic rings. The molecular formula is C7H8F4. The van der Waals surface area contributed by atoms with E-state index >= 15 is 0 Å². The number of alkyl halides is 4. The van der Waals surface area contributed by atoms with Gasteiger partial charge in [-0.25, -0.2) is 0 Å². The van der Waals surface area contributed by atoms with E-state index in [-0.39, 0.29) is 6.42 Å². The zero-order valence-electron chi connectivity index (χ0n) is 6.00. The van der Waals surface area contributed by atoms with Crippen LogP contribution in [-0.4, -0.2) is 11.8 Å². The topological polar surface area (TPSA) is 0 Å². The van der Waals surface area contributed by atoms with Gasteiger partial charge in [0.2, 0.25) is 0 Å². The van der Waals surface area contributed by atoms with Crippen molar-refractivity contribution in [2.24, 2.45) is 11.3 Å². The van der Waals surface area contributed by atoms with Gasteiger partial charge < -0.3 is 0 Å². The Balaban J connectivity index is 2.38. The molecule has 0 radical (unpaired) electrons. The fourth-order valence-electron chi connectivity index (χ4n) is 1.99. The molecule has 11 heavy (non-hydrogen) atoms. The molecule has 2 unspecified atom stereocenters. The van der Waals surface area contributed by atoms with Gasteiger partial charge in [0.25, 0.3) is 0 Å². The number of hydrogen-bond acceptors (Lipinski definition) is 0. The van der Waals surface area contributed by atoms with Gasteiger partial charge in [-0.1, -0.05) is 6.92 Å². The Morgan fingerprint density at radius 3 is 1.82 bits per heavy atom. The van der Waals surface area contributed by atoms with Crippen LogP contribution in [-0.2, 0) is 0 Å². The maximum atomic E-state index is 12.8. The van der Waals surface area contributed by atoms with Crippen LogP contribution < -0.4 is 0 Å². The summed E-state index contributed by atoms with van der Waals surface area (Å²) in [7, 11) is 0. The first kappa shape index (κ1) is 7.37. The summed E-state index contributed by atoms with van der Waals surface area (Å²) >= 11 is 0. The van der Waals surface area contributed by atoms with Crippen molar-refractivity contribution in [2.75, 3.05) is 0 Å². The molecule has 0 spiro atoms. The van der Waals surface area contributed by atoms with E-state index in [0.29, 0.717) is 0 Å². The van der Waals surface area contributed by atoms with Crippen molar-refractivity contribution in [3.63, 3.8) is 0 Å². The fraction of sp³-hybridized carbons (Fsp3) is 1.00. The zero-order valence-corrected chi connectivity index (χ0v) is 6.00. The molecule has 2 fully saturated rings. The van der Waals surface area contributed by atoms with Crippen molar-refractivity contribution in [2.45, 2.75) is 31.6 Å². The van der Waals surface area contributed by atoms with Crippen LogP contribution >= 0.6 is 0 Å². The highest BCUT2D eigenvalue weighted by molar-refractivity contribution is 5.19. The first-order chi connectivity index (χ1) is 4.81. The van der Waals surface area contributed by atoms with Gasteiger partial charge in [-0.15, -0.1) is 0 Å². The molecule has 0 nitrogen and oxygen atoms in total. The zero-order chi connectivity index (χ0) is 8.49. The number of hydrogen-bond donors (Lipinski definition) is 0. The average molecular weight is 168 g/mol. The smallest absolute Gasteiger partial charge is 0.200 e. The Bertz CT molecular complexity index is 204. The largest absolute Gasteiger partial charge is 0.315 e. The number of halogens is 4. The Hall–Kier alpha value is -0.280. The monoisotopic (exact) mass is 168 g/mol. The summed E-state index contributed by atoms with van der Waals surface area (Å²) in [6.07, 6.45) is -0.369. The lowest BCUT2D eigenvalue weighted by Gasteiger charge is -2.25. The minimum absolute atomic E-state index is 0.260. The molecule has 0 N–H and O–H groups in total. The van der Waals surface area contributed by atoms with Crippen LogP contribution in [0, 0.1) is 11.3 Å². The normalized spacial score (nSPS) is 50.5. The van der Waals surface area contributed by atoms with Gasteiger partial charge in [-0.3, -0.25) is 0 Å². The van der Waals surface area contributed by atoms with E-state index in [9.17, 15) is 17.6 Å². The Kier molecular flexibility index (Phi) is 0.960. The molecule has 0 amide bonds. The molecule has 2 aliphatic carbocycles. The second-order valence-electron chi connectivity index (χ2n) is 3.80. The van der Waals surface area contributed by atoms with Crippen LogP contribution in [0.15, 0.2) is 0 Å². The summed E-state index contributed by atoms with van der Waals surface area (Å²) in [5.74, 6) is -7.98. The summed E-state index contributed by atoms with van der Waals surface area (Å²) in [6.45, 7) is 1.25. The van der Waals surface area contributed by atoms with Crippen molar-refractivity contribution in [3.05, 3.63) is 0 Å². The van der Waals surface area contributed by atoms with E-state index in [0.717, 1.165) is 0 Å². The highest BCUT2D eigenvalue weighted by atomic mass is 19.3. The second kappa shape index (κ2) is 1.43. The Morgan fingerprint density at radius 1 is 1.09 bits per heavy atom. The molecule has 0 aromatic heterocycles. The van der Waals surface area contributed by atoms with Crippen LogP contribution in [0.25, 0.3) is 0 Å². The average Bonchev–Trinajstić information content (AvgIpc) is 2.37. The third kappa shape index (κ3) is 0.576. The summed E-state index contributed by atoms with van der Waals surface area (Å²) in [4.78, 5) is 0. The number of fused-ring (bicyclic) bond motifs is 1. The summed E-state index contributed by atoms with van der Waals surface area (Å²) in [5, 5.41) is 0. The summed E-state index contributed by atoms with van der Waals surface area (Å²) in [6, 6.07) is 0. The molecule has 2 atom stereocenters. The highest BCUT2D eigenvalue weighted by Gasteiger charge is 2.82. The Morgan fingerprint density at radius 2 is 1.64 bits per heavy atom. The third-order valence-corrected chi connectivity index (χ3v) is 3.09. The lowest BCUT2D eigenvalue weighted by Crippen LogP contribution is -2.42. The third-order valence-electron chi connectivity index (χ3n) is 3.09. The first-order valence-electron chi connectivity index (χ1n) is 3.57. The lowest BCUT2D eigenvalue weighted by atomic mass is 10.0. The van der Waals surface area contributed by atoms with Gasteiger partial charge in [0.15, 0.2) is 0 Å². The molecule has 0 bridgehead atoms. The minimum Gasteiger partial charge on any atom is -0.200 e. The van der Waals surface area contributed by atoms with Crippen molar-refractivity contribution < 1.29 is 17.6 Å². The van der Waals surface area contributed by atoms with Crippen molar-refractivity contribution >= 4 is 0 Å². The second-order valence-corrected chi connectivity index (χ2v) is 3.80. The quantitative estimate of drug-likeness (QED) is 0.488. The molecule has 2 rings (SSSR count). The maximum absolute atomic E-state index is 12.8. The number of rotatable bonds is 0. The SMILES string of the molecule is CC12CC1CC(F)(F)C2(F)F. The van der Waals surface area contributed by atoms with E-state index in [1.54, 1.807) is 0 Å². The van der Waals surface area contributed by atoms with Crippen LogP contribution in [0.5, 0.6) is 0 Å². The van der Waals surface area contributed by atoms with Gasteiger partial charge in [-0.05, 0) is 12.3 Å². The Labute approximate surface area is 61.6 Å². The minimum atomic E-state index is -3.77. The van der Waals surface area contributed by atoms with Gasteiger partial charge in [0.1, 0.15) is 0 Å². The molecule has 0 heterocycles. The van der Waals surface area contributed by atoms with Crippen LogP contribution in [0.1, 0.15) is 19.8 Å². The molecule has 4 heteroatoms. The highest BCUT2D eigenvalue weighted by Crippen LogP contribution is 2.74. The van der Waals surface area contributed by atoms with E-state index in [1.807, 2.05) is 0 Å². The molecule has 64 valence electrons. The van der Waals surface area contributed by atoms with E-state index in [4.69, 9.17) is 0 Å².